The largest absolute Gasteiger partial charge is 0.493 e. The van der Waals surface area contributed by atoms with Crippen molar-refractivity contribution in [3.63, 3.8) is 0 Å². The van der Waals surface area contributed by atoms with Gasteiger partial charge in [-0.3, -0.25) is 9.67 Å². The average molecular weight is 382 g/mol. The summed E-state index contributed by atoms with van der Waals surface area (Å²) in [6, 6.07) is 5.30. The van der Waals surface area contributed by atoms with Gasteiger partial charge in [-0.1, -0.05) is 18.2 Å². The molecule has 0 amide bonds. The van der Waals surface area contributed by atoms with Gasteiger partial charge < -0.3 is 9.47 Å². The van der Waals surface area contributed by atoms with Crippen molar-refractivity contribution in [2.24, 2.45) is 13.0 Å². The lowest BCUT2D eigenvalue weighted by Gasteiger charge is -2.12. The lowest BCUT2D eigenvalue weighted by molar-refractivity contribution is -0.0511. The van der Waals surface area contributed by atoms with E-state index in [1.54, 1.807) is 16.9 Å². The predicted molar refractivity (Wildman–Crippen MR) is 100 cm³/mol. The third-order valence-electron chi connectivity index (χ3n) is 4.72. The van der Waals surface area contributed by atoms with Crippen molar-refractivity contribution < 1.29 is 18.3 Å². The molecule has 1 aliphatic carbocycles. The molecule has 2 aromatic heterocycles. The van der Waals surface area contributed by atoms with Gasteiger partial charge in [-0.05, 0) is 18.1 Å². The van der Waals surface area contributed by atoms with Crippen LogP contribution in [0.25, 0.3) is 27.4 Å². The van der Waals surface area contributed by atoms with E-state index in [9.17, 15) is 8.78 Å². The van der Waals surface area contributed by atoms with Gasteiger partial charge in [-0.15, -0.1) is 0 Å². The van der Waals surface area contributed by atoms with E-state index in [2.05, 4.69) is 20.9 Å². The number of fused-ring (bicyclic) bond motifs is 3. The van der Waals surface area contributed by atoms with E-state index in [0.29, 0.717) is 11.9 Å². The van der Waals surface area contributed by atoms with Crippen LogP contribution in [0.4, 0.5) is 8.78 Å². The van der Waals surface area contributed by atoms with Gasteiger partial charge in [-0.25, -0.2) is 0 Å². The van der Waals surface area contributed by atoms with Crippen molar-refractivity contribution in [1.29, 1.82) is 5.26 Å². The Labute approximate surface area is 159 Å². The number of allylic oxidation sites excluding steroid dienone is 4. The van der Waals surface area contributed by atoms with Crippen LogP contribution >= 0.6 is 0 Å². The molecule has 0 fully saturated rings. The molecule has 0 radical (unpaired) electrons. The zero-order valence-corrected chi connectivity index (χ0v) is 15.2. The summed E-state index contributed by atoms with van der Waals surface area (Å²) < 4.78 is 36.9. The highest BCUT2D eigenvalue weighted by Crippen LogP contribution is 2.38. The normalized spacial score (nSPS) is 16.4. The summed E-state index contributed by atoms with van der Waals surface area (Å²) in [6.45, 7) is -2.96. The number of aryl methyl sites for hydroxylation is 1. The Morgan fingerprint density at radius 2 is 2.14 bits per heavy atom. The van der Waals surface area contributed by atoms with E-state index in [1.165, 1.54) is 13.2 Å². The maximum Gasteiger partial charge on any atom is 0.387 e. The number of methoxy groups -OCH3 is 1. The van der Waals surface area contributed by atoms with Gasteiger partial charge in [0.1, 0.15) is 5.69 Å². The lowest BCUT2D eigenvalue weighted by Crippen LogP contribution is -2.03. The molecule has 2 heterocycles. The van der Waals surface area contributed by atoms with E-state index < -0.39 is 6.61 Å². The van der Waals surface area contributed by atoms with Crippen LogP contribution in [0.2, 0.25) is 0 Å². The highest BCUT2D eigenvalue weighted by atomic mass is 19.3. The maximum absolute atomic E-state index is 12.7. The molecule has 1 atom stereocenters. The third kappa shape index (κ3) is 2.95. The number of halogens is 2. The second-order valence-corrected chi connectivity index (χ2v) is 6.38. The molecule has 0 N–H and O–H groups in total. The van der Waals surface area contributed by atoms with Crippen LogP contribution < -0.4 is 9.47 Å². The fraction of sp³-hybridized carbons (Fsp3) is 0.250. The summed E-state index contributed by atoms with van der Waals surface area (Å²) in [7, 11) is 3.21. The van der Waals surface area contributed by atoms with E-state index in [-0.39, 0.29) is 17.4 Å². The summed E-state index contributed by atoms with van der Waals surface area (Å²) in [4.78, 5) is 4.38. The van der Waals surface area contributed by atoms with Crippen molar-refractivity contribution in [3.8, 4) is 17.6 Å². The number of hydrogen-bond acceptors (Lipinski definition) is 5. The SMILES string of the molecule is COc1cc2c(cc1OC(F)F)ncc1c2c(C2=CCC(C#N)C=C2)nn1C. The molecule has 3 aromatic rings. The minimum Gasteiger partial charge on any atom is -0.493 e. The highest BCUT2D eigenvalue weighted by Gasteiger charge is 2.20. The van der Waals surface area contributed by atoms with Crippen LogP contribution in [-0.4, -0.2) is 28.5 Å². The molecule has 1 aromatic carbocycles. The van der Waals surface area contributed by atoms with Crippen molar-refractivity contribution in [2.45, 2.75) is 13.0 Å². The van der Waals surface area contributed by atoms with Gasteiger partial charge in [-0.2, -0.15) is 19.1 Å². The predicted octanol–water partition coefficient (Wildman–Crippen LogP) is 4.21. The van der Waals surface area contributed by atoms with Crippen molar-refractivity contribution in [3.05, 3.63) is 42.3 Å². The average Bonchev–Trinajstić information content (AvgIpc) is 3.04. The van der Waals surface area contributed by atoms with Crippen LogP contribution in [-0.2, 0) is 7.05 Å². The maximum atomic E-state index is 12.7. The van der Waals surface area contributed by atoms with Crippen LogP contribution in [0.5, 0.6) is 11.5 Å². The number of hydrogen-bond donors (Lipinski definition) is 0. The number of nitrogens with zero attached hydrogens (tertiary/aromatic N) is 4. The van der Waals surface area contributed by atoms with Gasteiger partial charge in [0.25, 0.3) is 0 Å². The number of ether oxygens (including phenoxy) is 2. The first kappa shape index (κ1) is 17.9. The van der Waals surface area contributed by atoms with E-state index in [0.717, 1.165) is 27.6 Å². The summed E-state index contributed by atoms with van der Waals surface area (Å²) in [6.07, 6.45) is 7.98. The van der Waals surface area contributed by atoms with Gasteiger partial charge in [0, 0.05) is 23.9 Å². The van der Waals surface area contributed by atoms with Gasteiger partial charge in [0.2, 0.25) is 0 Å². The Hall–Kier alpha value is -3.47. The summed E-state index contributed by atoms with van der Waals surface area (Å²) >= 11 is 0. The molecule has 1 unspecified atom stereocenters. The van der Waals surface area contributed by atoms with Crippen LogP contribution in [0.3, 0.4) is 0 Å². The van der Waals surface area contributed by atoms with Crippen molar-refractivity contribution in [1.82, 2.24) is 14.8 Å². The summed E-state index contributed by atoms with van der Waals surface area (Å²) in [5.74, 6) is -0.0307. The lowest BCUT2D eigenvalue weighted by atomic mass is 9.94. The quantitative estimate of drug-likeness (QED) is 0.676. The van der Waals surface area contributed by atoms with Crippen LogP contribution in [0, 0.1) is 17.2 Å². The fourth-order valence-corrected chi connectivity index (χ4v) is 3.38. The monoisotopic (exact) mass is 382 g/mol. The van der Waals surface area contributed by atoms with Gasteiger partial charge in [0.15, 0.2) is 11.5 Å². The molecule has 8 heteroatoms. The van der Waals surface area contributed by atoms with E-state index in [1.807, 2.05) is 25.3 Å². The standard InChI is InChI=1S/C20H16F2N4O2/c1-26-15-10-24-14-8-17(28-20(21)22)16(27-2)7-13(14)18(15)19(25-26)12-5-3-11(9-23)4-6-12/h3,5-8,10-11,20H,4H2,1-2H3. The number of nitriles is 1. The van der Waals surface area contributed by atoms with E-state index >= 15 is 0 Å². The number of pyridine rings is 1. The van der Waals surface area contributed by atoms with E-state index in [4.69, 9.17) is 10.00 Å². The Bertz CT molecular complexity index is 1170. The second kappa shape index (κ2) is 6.93. The Morgan fingerprint density at radius 1 is 1.32 bits per heavy atom. The zero-order valence-electron chi connectivity index (χ0n) is 15.2. The molecule has 142 valence electrons. The Balaban J connectivity index is 1.95. The zero-order chi connectivity index (χ0) is 19.8. The number of benzene rings is 1. The number of rotatable bonds is 4. The fourth-order valence-electron chi connectivity index (χ4n) is 3.38. The molecule has 0 spiro atoms. The molecule has 1 aliphatic rings. The minimum atomic E-state index is -2.96. The molecule has 0 saturated carbocycles. The summed E-state index contributed by atoms with van der Waals surface area (Å²) in [5.41, 5.74) is 2.93. The first-order valence-electron chi connectivity index (χ1n) is 8.58. The molecule has 28 heavy (non-hydrogen) atoms. The topological polar surface area (TPSA) is 73.0 Å². The van der Waals surface area contributed by atoms with Crippen LogP contribution in [0.1, 0.15) is 12.1 Å². The molecular weight excluding hydrogens is 366 g/mol. The highest BCUT2D eigenvalue weighted by molar-refractivity contribution is 6.10. The first-order chi connectivity index (χ1) is 13.5. The third-order valence-corrected chi connectivity index (χ3v) is 4.72. The van der Waals surface area contributed by atoms with Gasteiger partial charge >= 0.3 is 6.61 Å². The van der Waals surface area contributed by atoms with Crippen molar-refractivity contribution >= 4 is 27.4 Å². The second-order valence-electron chi connectivity index (χ2n) is 6.38. The molecule has 0 saturated heterocycles. The first-order valence-corrected chi connectivity index (χ1v) is 8.58. The molecule has 4 rings (SSSR count). The Kier molecular flexibility index (Phi) is 4.43. The van der Waals surface area contributed by atoms with Crippen LogP contribution in [0.15, 0.2) is 36.6 Å². The molecule has 6 nitrogen and oxygen atoms in total. The number of alkyl halides is 2. The molecule has 0 bridgehead atoms. The van der Waals surface area contributed by atoms with Crippen molar-refractivity contribution in [2.75, 3.05) is 7.11 Å². The minimum absolute atomic E-state index is 0.0732. The number of aromatic nitrogens is 3. The van der Waals surface area contributed by atoms with Gasteiger partial charge in [0.05, 0.1) is 36.3 Å². The smallest absolute Gasteiger partial charge is 0.387 e. The molecular formula is C20H16F2N4O2. The molecule has 0 aliphatic heterocycles. The summed E-state index contributed by atoms with van der Waals surface area (Å²) in [5, 5.41) is 15.2. The Morgan fingerprint density at radius 3 is 2.79 bits per heavy atom.